The molecular formula is C25H31N3O3. The number of carbonyl (C=O) groups is 1. The van der Waals surface area contributed by atoms with Crippen molar-refractivity contribution in [3.63, 3.8) is 0 Å². The van der Waals surface area contributed by atoms with Crippen LogP contribution < -0.4 is 10.1 Å². The van der Waals surface area contributed by atoms with E-state index in [1.807, 2.05) is 75.0 Å². The van der Waals surface area contributed by atoms with Gasteiger partial charge in [0.05, 0.1) is 11.9 Å². The fourth-order valence-electron chi connectivity index (χ4n) is 3.11. The van der Waals surface area contributed by atoms with Gasteiger partial charge in [-0.1, -0.05) is 38.1 Å². The minimum Gasteiger partial charge on any atom is -0.486 e. The normalized spacial score (nSPS) is 11.5. The van der Waals surface area contributed by atoms with Crippen LogP contribution in [0.15, 0.2) is 54.7 Å². The van der Waals surface area contributed by atoms with Crippen LogP contribution in [0.4, 0.5) is 10.5 Å². The summed E-state index contributed by atoms with van der Waals surface area (Å²) in [6, 6.07) is 15.7. The number of aromatic nitrogens is 2. The number of rotatable bonds is 6. The number of amides is 1. The Bertz CT molecular complexity index is 1030. The van der Waals surface area contributed by atoms with Crippen molar-refractivity contribution < 1.29 is 14.3 Å². The van der Waals surface area contributed by atoms with E-state index >= 15 is 0 Å². The molecule has 3 rings (SSSR count). The third-order valence-electron chi connectivity index (χ3n) is 4.80. The van der Waals surface area contributed by atoms with Gasteiger partial charge in [-0.15, -0.1) is 0 Å². The van der Waals surface area contributed by atoms with E-state index in [9.17, 15) is 4.79 Å². The lowest BCUT2D eigenvalue weighted by Crippen LogP contribution is -2.27. The molecule has 31 heavy (non-hydrogen) atoms. The van der Waals surface area contributed by atoms with E-state index in [1.165, 1.54) is 5.56 Å². The van der Waals surface area contributed by atoms with Gasteiger partial charge >= 0.3 is 6.09 Å². The molecule has 6 nitrogen and oxygen atoms in total. The van der Waals surface area contributed by atoms with Gasteiger partial charge < -0.3 is 14.0 Å². The summed E-state index contributed by atoms with van der Waals surface area (Å²) < 4.78 is 13.3. The van der Waals surface area contributed by atoms with Crippen molar-refractivity contribution in [1.29, 1.82) is 0 Å². The van der Waals surface area contributed by atoms with Crippen molar-refractivity contribution >= 4 is 11.8 Å². The number of anilines is 1. The molecule has 0 radical (unpaired) electrons. The fourth-order valence-corrected chi connectivity index (χ4v) is 3.11. The summed E-state index contributed by atoms with van der Waals surface area (Å²) in [6.07, 6.45) is 1.36. The summed E-state index contributed by atoms with van der Waals surface area (Å²) in [7, 11) is 1.97. The van der Waals surface area contributed by atoms with E-state index in [4.69, 9.17) is 9.47 Å². The molecule has 0 aliphatic carbocycles. The van der Waals surface area contributed by atoms with Crippen LogP contribution in [-0.4, -0.2) is 21.2 Å². The van der Waals surface area contributed by atoms with Gasteiger partial charge in [-0.25, -0.2) is 9.78 Å². The molecule has 0 unspecified atom stereocenters. The monoisotopic (exact) mass is 421 g/mol. The maximum absolute atomic E-state index is 11.9. The molecule has 0 bridgehead atoms. The van der Waals surface area contributed by atoms with Crippen LogP contribution in [0.3, 0.4) is 0 Å². The van der Waals surface area contributed by atoms with E-state index in [-0.39, 0.29) is 0 Å². The quantitative estimate of drug-likeness (QED) is 0.519. The third-order valence-corrected chi connectivity index (χ3v) is 4.80. The first-order valence-electron chi connectivity index (χ1n) is 10.5. The molecule has 0 atom stereocenters. The molecule has 1 N–H and O–H groups in total. The van der Waals surface area contributed by atoms with E-state index < -0.39 is 11.7 Å². The van der Waals surface area contributed by atoms with E-state index in [0.29, 0.717) is 18.2 Å². The highest BCUT2D eigenvalue weighted by atomic mass is 16.6. The van der Waals surface area contributed by atoms with Gasteiger partial charge in [-0.2, -0.15) is 0 Å². The van der Waals surface area contributed by atoms with Crippen molar-refractivity contribution in [2.45, 2.75) is 52.7 Å². The Morgan fingerprint density at radius 1 is 1.13 bits per heavy atom. The van der Waals surface area contributed by atoms with Crippen molar-refractivity contribution in [3.05, 3.63) is 66.1 Å². The highest BCUT2D eigenvalue weighted by Crippen LogP contribution is 2.24. The zero-order chi connectivity index (χ0) is 22.6. The third kappa shape index (κ3) is 6.10. The number of nitrogens with zero attached hydrogens (tertiary/aromatic N) is 2. The first-order chi connectivity index (χ1) is 14.6. The van der Waals surface area contributed by atoms with Crippen LogP contribution in [0.5, 0.6) is 5.75 Å². The van der Waals surface area contributed by atoms with E-state index in [2.05, 4.69) is 36.3 Å². The minimum absolute atomic E-state index is 0.385. The number of imidazole rings is 1. The summed E-state index contributed by atoms with van der Waals surface area (Å²) in [6.45, 7) is 10.2. The van der Waals surface area contributed by atoms with Gasteiger partial charge in [0.15, 0.2) is 0 Å². The van der Waals surface area contributed by atoms with Crippen LogP contribution >= 0.6 is 0 Å². The minimum atomic E-state index is -0.534. The molecule has 1 aromatic heterocycles. The first kappa shape index (κ1) is 22.4. The maximum atomic E-state index is 11.9. The van der Waals surface area contributed by atoms with Crippen molar-refractivity contribution in [3.8, 4) is 17.0 Å². The van der Waals surface area contributed by atoms with E-state index in [0.717, 1.165) is 22.8 Å². The smallest absolute Gasteiger partial charge is 0.412 e. The van der Waals surface area contributed by atoms with Crippen LogP contribution in [0, 0.1) is 0 Å². The van der Waals surface area contributed by atoms with E-state index in [1.54, 1.807) is 0 Å². The maximum Gasteiger partial charge on any atom is 0.412 e. The Kier molecular flexibility index (Phi) is 6.68. The van der Waals surface area contributed by atoms with Crippen LogP contribution in [0.1, 0.15) is 51.9 Å². The van der Waals surface area contributed by atoms with Crippen molar-refractivity contribution in [1.82, 2.24) is 9.55 Å². The molecule has 0 saturated heterocycles. The van der Waals surface area contributed by atoms with Crippen LogP contribution in [-0.2, 0) is 18.4 Å². The largest absolute Gasteiger partial charge is 0.486 e. The van der Waals surface area contributed by atoms with Gasteiger partial charge in [0, 0.05) is 12.7 Å². The average Bonchev–Trinajstić information content (AvgIpc) is 3.06. The Hall–Kier alpha value is -3.28. The summed E-state index contributed by atoms with van der Waals surface area (Å²) in [5.41, 5.74) is 3.36. The van der Waals surface area contributed by atoms with Gasteiger partial charge in [0.2, 0.25) is 0 Å². The number of hydrogen-bond donors (Lipinski definition) is 1. The average molecular weight is 422 g/mol. The topological polar surface area (TPSA) is 65.4 Å². The van der Waals surface area contributed by atoms with Gasteiger partial charge in [0.25, 0.3) is 0 Å². The lowest BCUT2D eigenvalue weighted by atomic mass is 10.0. The Morgan fingerprint density at radius 2 is 1.84 bits per heavy atom. The van der Waals surface area contributed by atoms with Crippen LogP contribution in [0.2, 0.25) is 0 Å². The fraction of sp³-hybridized carbons (Fsp3) is 0.360. The highest BCUT2D eigenvalue weighted by Gasteiger charge is 2.16. The molecule has 2 aromatic carbocycles. The van der Waals surface area contributed by atoms with Gasteiger partial charge in [-0.3, -0.25) is 5.32 Å². The van der Waals surface area contributed by atoms with Crippen LogP contribution in [0.25, 0.3) is 11.3 Å². The number of nitrogens with one attached hydrogen (secondary N) is 1. The Balaban J connectivity index is 1.65. The molecule has 164 valence electrons. The molecule has 6 heteroatoms. The predicted octanol–water partition coefficient (Wildman–Crippen LogP) is 6.14. The number of carbonyl (C=O) groups excluding carboxylic acids is 1. The molecule has 0 fully saturated rings. The Labute approximate surface area is 184 Å². The predicted molar refractivity (Wildman–Crippen MR) is 123 cm³/mol. The summed E-state index contributed by atoms with van der Waals surface area (Å²) >= 11 is 0. The van der Waals surface area contributed by atoms with Gasteiger partial charge in [0.1, 0.15) is 23.8 Å². The zero-order valence-electron chi connectivity index (χ0n) is 19.1. The molecular weight excluding hydrogens is 390 g/mol. The Morgan fingerprint density at radius 3 is 2.48 bits per heavy atom. The second-order valence-corrected chi connectivity index (χ2v) is 8.84. The summed E-state index contributed by atoms with van der Waals surface area (Å²) in [5, 5.41) is 2.74. The second kappa shape index (κ2) is 9.25. The molecule has 0 saturated carbocycles. The first-order valence-corrected chi connectivity index (χ1v) is 10.5. The van der Waals surface area contributed by atoms with Crippen molar-refractivity contribution in [2.75, 3.05) is 5.32 Å². The molecule has 0 spiro atoms. The number of hydrogen-bond acceptors (Lipinski definition) is 4. The standard InChI is InChI=1S/C25H31N3O3/c1-17(2)19-8-7-9-21(14-19)30-16-23-26-15-22(28(23)6)18-10-12-20(13-11-18)27-24(29)31-25(3,4)5/h7-15,17H,16H2,1-6H3,(H,27,29). The highest BCUT2D eigenvalue weighted by molar-refractivity contribution is 5.85. The molecule has 0 aliphatic heterocycles. The number of ether oxygens (including phenoxy) is 2. The van der Waals surface area contributed by atoms with Crippen molar-refractivity contribution in [2.24, 2.45) is 7.05 Å². The molecule has 1 amide bonds. The lowest BCUT2D eigenvalue weighted by Gasteiger charge is -2.19. The molecule has 1 heterocycles. The summed E-state index contributed by atoms with van der Waals surface area (Å²) in [4.78, 5) is 16.5. The molecule has 3 aromatic rings. The lowest BCUT2D eigenvalue weighted by molar-refractivity contribution is 0.0636. The molecule has 0 aliphatic rings. The SMILES string of the molecule is CC(C)c1cccc(OCc2ncc(-c3ccc(NC(=O)OC(C)(C)C)cc3)n2C)c1. The number of benzene rings is 2. The summed E-state index contributed by atoms with van der Waals surface area (Å²) in [5.74, 6) is 2.13. The van der Waals surface area contributed by atoms with Gasteiger partial charge in [-0.05, 0) is 62.1 Å². The zero-order valence-corrected chi connectivity index (χ0v) is 19.1. The second-order valence-electron chi connectivity index (χ2n) is 8.84.